The lowest BCUT2D eigenvalue weighted by Crippen LogP contribution is -2.53. The molecule has 3 N–H and O–H groups in total. The van der Waals surface area contributed by atoms with Gasteiger partial charge in [-0.05, 0) is 49.0 Å². The highest BCUT2D eigenvalue weighted by Crippen LogP contribution is 2.55. The lowest BCUT2D eigenvalue weighted by molar-refractivity contribution is -0.163. The summed E-state index contributed by atoms with van der Waals surface area (Å²) < 4.78 is 4.78. The van der Waals surface area contributed by atoms with Gasteiger partial charge in [0.15, 0.2) is 5.60 Å². The Morgan fingerprint density at radius 3 is 2.41 bits per heavy atom. The molecule has 6 heteroatoms. The second kappa shape index (κ2) is 7.15. The van der Waals surface area contributed by atoms with E-state index in [4.69, 9.17) is 10.5 Å². The van der Waals surface area contributed by atoms with Gasteiger partial charge in [0.1, 0.15) is 0 Å². The SMILES string of the molecule is NC(=O)OCCCC1C2CN(C(=O)C(O)(c3ccccc3)C3CCC3)CC12. The van der Waals surface area contributed by atoms with Gasteiger partial charge in [-0.15, -0.1) is 0 Å². The molecule has 6 nitrogen and oxygen atoms in total. The number of hydrogen-bond donors (Lipinski definition) is 2. The molecule has 27 heavy (non-hydrogen) atoms. The van der Waals surface area contributed by atoms with Gasteiger partial charge < -0.3 is 20.5 Å². The van der Waals surface area contributed by atoms with Crippen molar-refractivity contribution in [2.75, 3.05) is 19.7 Å². The molecule has 3 atom stereocenters. The van der Waals surface area contributed by atoms with Gasteiger partial charge in [-0.3, -0.25) is 4.79 Å². The number of benzene rings is 1. The zero-order valence-corrected chi connectivity index (χ0v) is 15.5. The number of piperidine rings is 1. The Hall–Kier alpha value is -2.08. The Kier molecular flexibility index (Phi) is 4.84. The molecule has 3 aliphatic rings. The Morgan fingerprint density at radius 2 is 1.85 bits per heavy atom. The summed E-state index contributed by atoms with van der Waals surface area (Å²) in [6, 6.07) is 9.42. The van der Waals surface area contributed by atoms with Gasteiger partial charge in [0.25, 0.3) is 5.91 Å². The molecule has 2 saturated carbocycles. The molecule has 1 saturated heterocycles. The zero-order chi connectivity index (χ0) is 19.0. The monoisotopic (exact) mass is 372 g/mol. The van der Waals surface area contributed by atoms with Crippen molar-refractivity contribution in [3.05, 3.63) is 35.9 Å². The first kappa shape index (κ1) is 18.3. The molecule has 0 radical (unpaired) electrons. The first-order chi connectivity index (χ1) is 13.0. The summed E-state index contributed by atoms with van der Waals surface area (Å²) in [6.45, 7) is 1.82. The average molecular weight is 372 g/mol. The number of rotatable bonds is 7. The lowest BCUT2D eigenvalue weighted by Gasteiger charge is -2.42. The van der Waals surface area contributed by atoms with Crippen LogP contribution in [0.1, 0.15) is 37.7 Å². The lowest BCUT2D eigenvalue weighted by atomic mass is 9.69. The van der Waals surface area contributed by atoms with Crippen LogP contribution in [0.15, 0.2) is 30.3 Å². The van der Waals surface area contributed by atoms with E-state index in [9.17, 15) is 14.7 Å². The van der Waals surface area contributed by atoms with Gasteiger partial charge in [-0.25, -0.2) is 4.79 Å². The van der Waals surface area contributed by atoms with E-state index in [0.29, 0.717) is 24.4 Å². The highest BCUT2D eigenvalue weighted by molar-refractivity contribution is 5.87. The fourth-order valence-electron chi connectivity index (χ4n) is 5.03. The minimum Gasteiger partial charge on any atom is -0.450 e. The maximum Gasteiger partial charge on any atom is 0.404 e. The number of fused-ring (bicyclic) bond motifs is 1. The largest absolute Gasteiger partial charge is 0.450 e. The fourth-order valence-corrected chi connectivity index (χ4v) is 5.03. The molecule has 0 bridgehead atoms. The molecule has 3 fully saturated rings. The third kappa shape index (κ3) is 3.31. The van der Waals surface area contributed by atoms with Gasteiger partial charge in [0.2, 0.25) is 0 Å². The molecule has 1 aliphatic heterocycles. The average Bonchev–Trinajstić information content (AvgIpc) is 3.06. The number of amides is 2. The first-order valence-electron chi connectivity index (χ1n) is 10.0. The number of likely N-dealkylation sites (tertiary alicyclic amines) is 1. The predicted octanol–water partition coefficient (Wildman–Crippen LogP) is 2.25. The van der Waals surface area contributed by atoms with E-state index in [1.807, 2.05) is 35.2 Å². The van der Waals surface area contributed by atoms with Crippen LogP contribution in [0.4, 0.5) is 4.79 Å². The zero-order valence-electron chi connectivity index (χ0n) is 15.5. The number of carbonyl (C=O) groups excluding carboxylic acids is 2. The van der Waals surface area contributed by atoms with Gasteiger partial charge in [0, 0.05) is 19.0 Å². The van der Waals surface area contributed by atoms with Crippen LogP contribution in [0.5, 0.6) is 0 Å². The molecule has 2 amide bonds. The van der Waals surface area contributed by atoms with E-state index in [2.05, 4.69) is 0 Å². The molecule has 1 heterocycles. The Morgan fingerprint density at radius 1 is 1.19 bits per heavy atom. The van der Waals surface area contributed by atoms with Crippen molar-refractivity contribution in [3.8, 4) is 0 Å². The van der Waals surface area contributed by atoms with Crippen molar-refractivity contribution in [2.24, 2.45) is 29.4 Å². The van der Waals surface area contributed by atoms with Crippen molar-refractivity contribution in [1.82, 2.24) is 4.90 Å². The number of carbonyl (C=O) groups is 2. The van der Waals surface area contributed by atoms with Crippen molar-refractivity contribution < 1.29 is 19.4 Å². The van der Waals surface area contributed by atoms with Crippen molar-refractivity contribution in [1.29, 1.82) is 0 Å². The van der Waals surface area contributed by atoms with E-state index in [0.717, 1.165) is 50.8 Å². The molecule has 0 aromatic heterocycles. The van der Waals surface area contributed by atoms with Gasteiger partial charge in [-0.2, -0.15) is 0 Å². The molecule has 1 aromatic rings. The maximum absolute atomic E-state index is 13.3. The number of nitrogens with two attached hydrogens (primary N) is 1. The number of primary amides is 1. The van der Waals surface area contributed by atoms with E-state index < -0.39 is 11.7 Å². The standard InChI is InChI=1S/C21H28N2O4/c22-20(25)27-11-5-10-16-17-12-23(13-18(16)17)19(24)21(26,15-8-4-9-15)14-6-2-1-3-7-14/h1-3,6-7,15-18,26H,4-5,8-13H2,(H2,22,25). The van der Waals surface area contributed by atoms with Gasteiger partial charge in [-0.1, -0.05) is 36.8 Å². The third-order valence-electron chi connectivity index (χ3n) is 6.82. The second-order valence-corrected chi connectivity index (χ2v) is 8.27. The molecular weight excluding hydrogens is 344 g/mol. The quantitative estimate of drug-likeness (QED) is 0.718. The van der Waals surface area contributed by atoms with Crippen molar-refractivity contribution >= 4 is 12.0 Å². The summed E-state index contributed by atoms with van der Waals surface area (Å²) in [6.07, 6.45) is 3.97. The molecule has 3 unspecified atom stereocenters. The normalized spacial score (nSPS) is 28.8. The number of ether oxygens (including phenoxy) is 1. The minimum absolute atomic E-state index is 0.0195. The van der Waals surface area contributed by atoms with Crippen LogP contribution in [0, 0.1) is 23.7 Å². The Balaban J connectivity index is 1.36. The fraction of sp³-hybridized carbons (Fsp3) is 0.619. The van der Waals surface area contributed by atoms with Crippen molar-refractivity contribution in [3.63, 3.8) is 0 Å². The Bertz CT molecular complexity index is 693. The summed E-state index contributed by atoms with van der Waals surface area (Å²) in [5.41, 5.74) is 4.30. The molecule has 0 spiro atoms. The van der Waals surface area contributed by atoms with E-state index in [1.165, 1.54) is 0 Å². The molecule has 2 aliphatic carbocycles. The summed E-state index contributed by atoms with van der Waals surface area (Å²) in [4.78, 5) is 25.8. The first-order valence-corrected chi connectivity index (χ1v) is 10.0. The van der Waals surface area contributed by atoms with Crippen LogP contribution >= 0.6 is 0 Å². The van der Waals surface area contributed by atoms with E-state index in [1.54, 1.807) is 0 Å². The minimum atomic E-state index is -1.39. The second-order valence-electron chi connectivity index (χ2n) is 8.27. The summed E-state index contributed by atoms with van der Waals surface area (Å²) >= 11 is 0. The predicted molar refractivity (Wildman–Crippen MR) is 99.5 cm³/mol. The topological polar surface area (TPSA) is 92.9 Å². The summed E-state index contributed by atoms with van der Waals surface area (Å²) in [7, 11) is 0. The molecule has 1 aromatic carbocycles. The van der Waals surface area contributed by atoms with E-state index >= 15 is 0 Å². The van der Waals surface area contributed by atoms with Crippen LogP contribution in [0.2, 0.25) is 0 Å². The molecular formula is C21H28N2O4. The summed E-state index contributed by atoms with van der Waals surface area (Å²) in [5, 5.41) is 11.5. The van der Waals surface area contributed by atoms with Crippen LogP contribution < -0.4 is 5.73 Å². The number of hydrogen-bond acceptors (Lipinski definition) is 4. The summed E-state index contributed by atoms with van der Waals surface area (Å²) in [5.74, 6) is 1.53. The molecule has 146 valence electrons. The highest BCUT2D eigenvalue weighted by atomic mass is 16.5. The van der Waals surface area contributed by atoms with Crippen LogP contribution in [-0.4, -0.2) is 41.7 Å². The van der Waals surface area contributed by atoms with Crippen LogP contribution in [0.3, 0.4) is 0 Å². The molecule has 4 rings (SSSR count). The smallest absolute Gasteiger partial charge is 0.404 e. The highest BCUT2D eigenvalue weighted by Gasteiger charge is 2.59. The van der Waals surface area contributed by atoms with E-state index in [-0.39, 0.29) is 11.8 Å². The number of nitrogens with zero attached hydrogens (tertiary/aromatic N) is 1. The van der Waals surface area contributed by atoms with Crippen molar-refractivity contribution in [2.45, 2.75) is 37.7 Å². The Labute approximate surface area is 159 Å². The van der Waals surface area contributed by atoms with Gasteiger partial charge >= 0.3 is 6.09 Å². The number of aliphatic hydroxyl groups is 1. The maximum atomic E-state index is 13.3. The third-order valence-corrected chi connectivity index (χ3v) is 6.82. The van der Waals surface area contributed by atoms with Crippen LogP contribution in [-0.2, 0) is 15.1 Å². The van der Waals surface area contributed by atoms with Gasteiger partial charge in [0.05, 0.1) is 6.61 Å². The van der Waals surface area contributed by atoms with Crippen LogP contribution in [0.25, 0.3) is 0 Å².